The van der Waals surface area contributed by atoms with Crippen molar-refractivity contribution in [2.24, 2.45) is 0 Å². The lowest BCUT2D eigenvalue weighted by Gasteiger charge is -2.44. The van der Waals surface area contributed by atoms with Crippen LogP contribution >= 0.6 is 0 Å². The van der Waals surface area contributed by atoms with Crippen LogP contribution in [0.2, 0.25) is 54.4 Å². The van der Waals surface area contributed by atoms with Crippen LogP contribution in [0, 0.1) is 0 Å². The molecular formula is C30H58N2O6Si3. The number of rotatable bonds is 10. The molecule has 1 aromatic rings. The Labute approximate surface area is 251 Å². The van der Waals surface area contributed by atoms with Gasteiger partial charge in [0.05, 0.1) is 12.2 Å². The highest BCUT2D eigenvalue weighted by Crippen LogP contribution is 2.47. The van der Waals surface area contributed by atoms with Gasteiger partial charge in [0.1, 0.15) is 24.4 Å². The average Bonchev–Trinajstić information content (AvgIpc) is 3.07. The number of allylic oxidation sites excluding steroid dienone is 1. The molecule has 0 aliphatic carbocycles. The molecule has 8 nitrogen and oxygen atoms in total. The van der Waals surface area contributed by atoms with E-state index in [0.717, 1.165) is 0 Å². The molecule has 11 heteroatoms. The average molecular weight is 627 g/mol. The second-order valence-corrected chi connectivity index (χ2v) is 30.5. The van der Waals surface area contributed by atoms with Crippen LogP contribution in [0.1, 0.15) is 74.0 Å². The minimum Gasteiger partial charge on any atom is -0.414 e. The van der Waals surface area contributed by atoms with Crippen molar-refractivity contribution in [2.45, 2.75) is 148 Å². The van der Waals surface area contributed by atoms with E-state index in [9.17, 15) is 9.59 Å². The Kier molecular flexibility index (Phi) is 10.7. The summed E-state index contributed by atoms with van der Waals surface area (Å²) in [5.41, 5.74) is -0.597. The number of nitrogens with one attached hydrogen (secondary N) is 1. The summed E-state index contributed by atoms with van der Waals surface area (Å²) in [7, 11) is -6.78. The van der Waals surface area contributed by atoms with Gasteiger partial charge in [0, 0.05) is 12.7 Å². The van der Waals surface area contributed by atoms with E-state index >= 15 is 0 Å². The van der Waals surface area contributed by atoms with Crippen LogP contribution in [-0.2, 0) is 24.6 Å². The van der Waals surface area contributed by atoms with Crippen molar-refractivity contribution in [1.82, 2.24) is 9.55 Å². The minimum absolute atomic E-state index is 0.0230. The van der Waals surface area contributed by atoms with Crippen LogP contribution in [0.3, 0.4) is 0 Å². The maximum atomic E-state index is 13.3. The molecular weight excluding hydrogens is 569 g/mol. The fraction of sp³-hybridized carbons (Fsp3) is 0.800. The molecule has 2 heterocycles. The summed E-state index contributed by atoms with van der Waals surface area (Å²) in [6, 6.07) is 0. The van der Waals surface area contributed by atoms with Crippen LogP contribution in [0.25, 0.3) is 0 Å². The summed E-state index contributed by atoms with van der Waals surface area (Å²) in [6.45, 7) is 37.6. The first-order valence-corrected chi connectivity index (χ1v) is 23.6. The summed E-state index contributed by atoms with van der Waals surface area (Å²) in [5.74, 6) is 0. The highest BCUT2D eigenvalue weighted by molar-refractivity contribution is 6.75. The number of nitrogens with zero attached hydrogens (tertiary/aromatic N) is 1. The molecule has 1 N–H and O–H groups in total. The predicted molar refractivity (Wildman–Crippen MR) is 176 cm³/mol. The molecule has 0 bridgehead atoms. The maximum absolute atomic E-state index is 13.3. The third kappa shape index (κ3) is 8.10. The number of hydrogen-bond acceptors (Lipinski definition) is 6. The van der Waals surface area contributed by atoms with Crippen LogP contribution in [0.15, 0.2) is 28.4 Å². The summed E-state index contributed by atoms with van der Waals surface area (Å²) >= 11 is 0. The zero-order chi connectivity index (χ0) is 32.0. The maximum Gasteiger partial charge on any atom is 0.328 e. The summed E-state index contributed by atoms with van der Waals surface area (Å²) < 4.78 is 29.2. The van der Waals surface area contributed by atoms with Gasteiger partial charge < -0.3 is 18.0 Å². The Hall–Kier alpha value is -1.09. The SMILES string of the molecule is C=CCn1cc([C@@H]2O[C@H](CO[Si](C)(C)C(C)(C)C)C(O[Si](C)(C)C(C)(C)C)C2O[Si](C)(C)C(C)(C)C)c(=O)[nH]c1=O. The van der Waals surface area contributed by atoms with Crippen molar-refractivity contribution in [3.05, 3.63) is 45.3 Å². The lowest BCUT2D eigenvalue weighted by Crippen LogP contribution is -2.54. The topological polar surface area (TPSA) is 91.8 Å². The molecule has 1 saturated heterocycles. The molecule has 1 aliphatic heterocycles. The largest absolute Gasteiger partial charge is 0.414 e. The number of ether oxygens (including phenoxy) is 1. The summed E-state index contributed by atoms with van der Waals surface area (Å²) in [6.07, 6.45) is 1.05. The molecule has 0 spiro atoms. The summed E-state index contributed by atoms with van der Waals surface area (Å²) in [4.78, 5) is 28.3. The van der Waals surface area contributed by atoms with Crippen molar-refractivity contribution >= 4 is 25.0 Å². The van der Waals surface area contributed by atoms with E-state index in [0.29, 0.717) is 12.2 Å². The highest BCUT2D eigenvalue weighted by atomic mass is 28.4. The third-order valence-corrected chi connectivity index (χ3v) is 23.3. The van der Waals surface area contributed by atoms with Crippen molar-refractivity contribution in [2.75, 3.05) is 6.61 Å². The fourth-order valence-electron chi connectivity index (χ4n) is 3.93. The third-order valence-electron chi connectivity index (χ3n) is 9.87. The van der Waals surface area contributed by atoms with E-state index in [1.807, 2.05) is 0 Å². The quantitative estimate of drug-likeness (QED) is 0.223. The Bertz CT molecular complexity index is 1180. The molecule has 2 unspecified atom stereocenters. The normalized spacial score (nSPS) is 23.2. The van der Waals surface area contributed by atoms with Gasteiger partial charge in [0.25, 0.3) is 5.56 Å². The molecule has 1 fully saturated rings. The molecule has 0 radical (unpaired) electrons. The molecule has 4 atom stereocenters. The first-order valence-electron chi connectivity index (χ1n) is 14.9. The van der Waals surface area contributed by atoms with Gasteiger partial charge in [-0.1, -0.05) is 68.4 Å². The van der Waals surface area contributed by atoms with Crippen LogP contribution in [0.5, 0.6) is 0 Å². The molecule has 1 aliphatic rings. The molecule has 0 aromatic carbocycles. The van der Waals surface area contributed by atoms with Gasteiger partial charge in [-0.2, -0.15) is 0 Å². The second-order valence-electron chi connectivity index (χ2n) is 16.1. The van der Waals surface area contributed by atoms with Crippen molar-refractivity contribution in [1.29, 1.82) is 0 Å². The van der Waals surface area contributed by atoms with Gasteiger partial charge >= 0.3 is 5.69 Å². The molecule has 41 heavy (non-hydrogen) atoms. The van der Waals surface area contributed by atoms with Gasteiger partial charge in [0.15, 0.2) is 25.0 Å². The van der Waals surface area contributed by atoms with Gasteiger partial charge in [0.2, 0.25) is 0 Å². The van der Waals surface area contributed by atoms with E-state index in [-0.39, 0.29) is 21.7 Å². The predicted octanol–water partition coefficient (Wildman–Crippen LogP) is 6.97. The highest BCUT2D eigenvalue weighted by Gasteiger charge is 2.55. The molecule has 1 aromatic heterocycles. The number of aromatic nitrogens is 2. The van der Waals surface area contributed by atoms with Gasteiger partial charge in [-0.15, -0.1) is 6.58 Å². The van der Waals surface area contributed by atoms with E-state index in [1.165, 1.54) is 4.57 Å². The number of H-pyrrole nitrogens is 1. The van der Waals surface area contributed by atoms with Crippen LogP contribution in [-0.4, -0.2) is 59.4 Å². The Morgan fingerprint density at radius 2 is 1.32 bits per heavy atom. The number of hydrogen-bond donors (Lipinski definition) is 1. The lowest BCUT2D eigenvalue weighted by molar-refractivity contribution is -0.0179. The zero-order valence-corrected chi connectivity index (χ0v) is 31.5. The van der Waals surface area contributed by atoms with Crippen LogP contribution < -0.4 is 11.2 Å². The lowest BCUT2D eigenvalue weighted by atomic mass is 10.0. The van der Waals surface area contributed by atoms with Gasteiger partial charge in [-0.05, 0) is 54.4 Å². The van der Waals surface area contributed by atoms with Gasteiger partial charge in [-0.3, -0.25) is 14.3 Å². The molecule has 0 amide bonds. The van der Waals surface area contributed by atoms with E-state index in [2.05, 4.69) is 113 Å². The van der Waals surface area contributed by atoms with E-state index < -0.39 is 60.6 Å². The van der Waals surface area contributed by atoms with Gasteiger partial charge in [-0.25, -0.2) is 4.79 Å². The second kappa shape index (κ2) is 12.1. The van der Waals surface area contributed by atoms with Crippen molar-refractivity contribution < 1.29 is 18.0 Å². The Morgan fingerprint density at radius 1 is 0.854 bits per heavy atom. The monoisotopic (exact) mass is 626 g/mol. The first kappa shape index (κ1) is 36.1. The minimum atomic E-state index is -2.36. The van der Waals surface area contributed by atoms with E-state index in [1.54, 1.807) is 12.3 Å². The Morgan fingerprint density at radius 3 is 1.76 bits per heavy atom. The molecule has 0 saturated carbocycles. The number of aromatic amines is 1. The van der Waals surface area contributed by atoms with Crippen LogP contribution in [0.4, 0.5) is 0 Å². The van der Waals surface area contributed by atoms with Crippen molar-refractivity contribution in [3.63, 3.8) is 0 Å². The zero-order valence-electron chi connectivity index (χ0n) is 28.5. The van der Waals surface area contributed by atoms with E-state index in [4.69, 9.17) is 18.0 Å². The summed E-state index contributed by atoms with van der Waals surface area (Å²) in [5, 5.41) is -0.107. The first-order chi connectivity index (χ1) is 18.3. The molecule has 236 valence electrons. The standard InChI is InChI=1S/C30H58N2O6Si3/c1-17-18-32-19-21(26(33)31-27(32)34)23-25(38-41(15,16)30(8,9)10)24(37-40(13,14)29(5,6)7)22(36-23)20-35-39(11,12)28(2,3)4/h17,19,22-25H,1,18,20H2,2-16H3,(H,31,33,34)/t22-,23+,24?,25?/m1/s1. The van der Waals surface area contributed by atoms with Crippen molar-refractivity contribution in [3.8, 4) is 0 Å². The fourth-order valence-corrected chi connectivity index (χ4v) is 7.55. The smallest absolute Gasteiger partial charge is 0.328 e. The Balaban J connectivity index is 2.75. The molecule has 2 rings (SSSR count).